The Balaban J connectivity index is 1.67. The van der Waals surface area contributed by atoms with E-state index in [0.717, 1.165) is 22.1 Å². The molecule has 0 aliphatic heterocycles. The third-order valence-corrected chi connectivity index (χ3v) is 5.25. The normalized spacial score (nSPS) is 11.3. The van der Waals surface area contributed by atoms with Gasteiger partial charge in [0, 0.05) is 16.0 Å². The summed E-state index contributed by atoms with van der Waals surface area (Å²) in [6.45, 7) is 2.06. The molecule has 124 valence electrons. The van der Waals surface area contributed by atoms with Gasteiger partial charge in [-0.1, -0.05) is 41.6 Å². The molecule has 2 heterocycles. The number of ketones is 1. The zero-order chi connectivity index (χ0) is 17.4. The summed E-state index contributed by atoms with van der Waals surface area (Å²) in [6.07, 6.45) is 0. The van der Waals surface area contributed by atoms with Crippen LogP contribution in [0.4, 0.5) is 0 Å². The molecule has 2 aromatic heterocycles. The van der Waals surface area contributed by atoms with Gasteiger partial charge in [0.2, 0.25) is 0 Å². The summed E-state index contributed by atoms with van der Waals surface area (Å²) < 4.78 is 2.00. The lowest BCUT2D eigenvalue weighted by molar-refractivity contribution is 0.102. The summed E-state index contributed by atoms with van der Waals surface area (Å²) in [5, 5.41) is 11.0. The molecule has 0 saturated heterocycles. The average molecular weight is 368 g/mol. The molecular formula is C19H14ClN3OS. The number of carbonyl (C=O) groups is 1. The van der Waals surface area contributed by atoms with Gasteiger partial charge in [-0.3, -0.25) is 9.20 Å². The van der Waals surface area contributed by atoms with E-state index in [1.54, 1.807) is 24.3 Å². The first-order valence-corrected chi connectivity index (χ1v) is 9.15. The van der Waals surface area contributed by atoms with Gasteiger partial charge in [0.15, 0.2) is 16.6 Å². The Labute approximate surface area is 153 Å². The van der Waals surface area contributed by atoms with Crippen LogP contribution in [0.5, 0.6) is 0 Å². The van der Waals surface area contributed by atoms with Crippen LogP contribution >= 0.6 is 23.4 Å². The number of hydrogen-bond acceptors (Lipinski definition) is 4. The van der Waals surface area contributed by atoms with Crippen LogP contribution in [0.2, 0.25) is 5.02 Å². The molecule has 0 N–H and O–H groups in total. The van der Waals surface area contributed by atoms with Crippen molar-refractivity contribution >= 4 is 45.7 Å². The summed E-state index contributed by atoms with van der Waals surface area (Å²) in [5.74, 6) is 0.333. The minimum Gasteiger partial charge on any atom is -0.293 e. The fourth-order valence-electron chi connectivity index (χ4n) is 2.82. The fourth-order valence-corrected chi connectivity index (χ4v) is 3.79. The zero-order valence-electron chi connectivity index (χ0n) is 13.4. The lowest BCUT2D eigenvalue weighted by Gasteiger charge is -2.07. The fraction of sp³-hybridized carbons (Fsp3) is 0.105. The summed E-state index contributed by atoms with van der Waals surface area (Å²) in [7, 11) is 0. The van der Waals surface area contributed by atoms with E-state index in [1.165, 1.54) is 11.8 Å². The Morgan fingerprint density at radius 3 is 2.68 bits per heavy atom. The van der Waals surface area contributed by atoms with Crippen LogP contribution < -0.4 is 0 Å². The third-order valence-electron chi connectivity index (χ3n) is 4.07. The maximum Gasteiger partial charge on any atom is 0.196 e. The highest BCUT2D eigenvalue weighted by Gasteiger charge is 2.13. The van der Waals surface area contributed by atoms with E-state index in [4.69, 9.17) is 11.6 Å². The number of carbonyl (C=O) groups excluding carboxylic acids is 1. The quantitative estimate of drug-likeness (QED) is 0.383. The highest BCUT2D eigenvalue weighted by Crippen LogP contribution is 2.26. The topological polar surface area (TPSA) is 47.3 Å². The third kappa shape index (κ3) is 3.01. The average Bonchev–Trinajstić information content (AvgIpc) is 3.03. The zero-order valence-corrected chi connectivity index (χ0v) is 15.0. The summed E-state index contributed by atoms with van der Waals surface area (Å²) in [6, 6.07) is 17.1. The van der Waals surface area contributed by atoms with Crippen molar-refractivity contribution in [3.63, 3.8) is 0 Å². The number of aryl methyl sites for hydroxylation is 1. The van der Waals surface area contributed by atoms with Gasteiger partial charge in [0.1, 0.15) is 0 Å². The van der Waals surface area contributed by atoms with Crippen LogP contribution in [0, 0.1) is 6.92 Å². The monoisotopic (exact) mass is 367 g/mol. The number of rotatable bonds is 4. The van der Waals surface area contributed by atoms with E-state index in [1.807, 2.05) is 28.7 Å². The number of aromatic nitrogens is 3. The van der Waals surface area contributed by atoms with Crippen molar-refractivity contribution in [3.05, 3.63) is 70.7 Å². The van der Waals surface area contributed by atoms with Gasteiger partial charge in [-0.05, 0) is 48.9 Å². The van der Waals surface area contributed by atoms with Crippen molar-refractivity contribution in [2.45, 2.75) is 12.1 Å². The van der Waals surface area contributed by atoms with Gasteiger partial charge in [-0.2, -0.15) is 0 Å². The summed E-state index contributed by atoms with van der Waals surface area (Å²) in [5.41, 5.74) is 3.64. The molecule has 0 unspecified atom stereocenters. The molecule has 4 rings (SSSR count). The molecule has 4 nitrogen and oxygen atoms in total. The second-order valence-electron chi connectivity index (χ2n) is 5.74. The van der Waals surface area contributed by atoms with E-state index in [9.17, 15) is 4.79 Å². The molecule has 0 saturated carbocycles. The Morgan fingerprint density at radius 2 is 1.88 bits per heavy atom. The van der Waals surface area contributed by atoms with E-state index in [2.05, 4.69) is 23.2 Å². The SMILES string of the molecule is Cc1cc2nnc(SCC(=O)c3ccc(Cl)cc3)n2c2ccccc12. The Morgan fingerprint density at radius 1 is 1.12 bits per heavy atom. The number of nitrogens with zero attached hydrogens (tertiary/aromatic N) is 3. The maximum absolute atomic E-state index is 12.4. The molecule has 25 heavy (non-hydrogen) atoms. The van der Waals surface area contributed by atoms with E-state index < -0.39 is 0 Å². The van der Waals surface area contributed by atoms with Crippen molar-refractivity contribution in [2.75, 3.05) is 5.75 Å². The Bertz CT molecular complexity index is 1090. The van der Waals surface area contributed by atoms with Crippen molar-refractivity contribution in [3.8, 4) is 0 Å². The number of pyridine rings is 1. The van der Waals surface area contributed by atoms with Crippen LogP contribution in [-0.4, -0.2) is 26.1 Å². The lowest BCUT2D eigenvalue weighted by Crippen LogP contribution is -2.03. The molecule has 2 aromatic carbocycles. The molecule has 0 spiro atoms. The molecule has 4 aromatic rings. The van der Waals surface area contributed by atoms with Crippen LogP contribution in [0.1, 0.15) is 15.9 Å². The number of hydrogen-bond donors (Lipinski definition) is 0. The first kappa shape index (κ1) is 16.1. The molecule has 0 radical (unpaired) electrons. The number of benzene rings is 2. The maximum atomic E-state index is 12.4. The predicted octanol–water partition coefficient (Wildman–Crippen LogP) is 4.82. The van der Waals surface area contributed by atoms with Gasteiger partial charge in [-0.15, -0.1) is 10.2 Å². The second-order valence-corrected chi connectivity index (χ2v) is 7.12. The molecule has 0 bridgehead atoms. The minimum atomic E-state index is 0.0369. The smallest absolute Gasteiger partial charge is 0.196 e. The number of halogens is 1. The molecule has 0 atom stereocenters. The molecular weight excluding hydrogens is 354 g/mol. The largest absolute Gasteiger partial charge is 0.293 e. The molecule has 0 fully saturated rings. The van der Waals surface area contributed by atoms with Crippen molar-refractivity contribution in [1.29, 1.82) is 0 Å². The van der Waals surface area contributed by atoms with Crippen molar-refractivity contribution in [2.24, 2.45) is 0 Å². The summed E-state index contributed by atoms with van der Waals surface area (Å²) in [4.78, 5) is 12.4. The van der Waals surface area contributed by atoms with Gasteiger partial charge in [0.25, 0.3) is 0 Å². The van der Waals surface area contributed by atoms with Gasteiger partial charge in [-0.25, -0.2) is 0 Å². The highest BCUT2D eigenvalue weighted by atomic mass is 35.5. The van der Waals surface area contributed by atoms with Crippen LogP contribution in [0.15, 0.2) is 59.8 Å². The Kier molecular flexibility index (Phi) is 4.19. The first-order valence-electron chi connectivity index (χ1n) is 7.78. The Hall–Kier alpha value is -2.37. The highest BCUT2D eigenvalue weighted by molar-refractivity contribution is 7.99. The van der Waals surface area contributed by atoms with Crippen LogP contribution in [-0.2, 0) is 0 Å². The van der Waals surface area contributed by atoms with E-state index in [0.29, 0.717) is 21.5 Å². The first-order chi connectivity index (χ1) is 12.1. The van der Waals surface area contributed by atoms with E-state index in [-0.39, 0.29) is 5.78 Å². The lowest BCUT2D eigenvalue weighted by atomic mass is 10.1. The molecule has 0 aliphatic rings. The molecule has 0 amide bonds. The van der Waals surface area contributed by atoms with Crippen molar-refractivity contribution < 1.29 is 4.79 Å². The van der Waals surface area contributed by atoms with Crippen LogP contribution in [0.3, 0.4) is 0 Å². The second kappa shape index (κ2) is 6.50. The number of para-hydroxylation sites is 1. The molecule has 6 heteroatoms. The summed E-state index contributed by atoms with van der Waals surface area (Å²) >= 11 is 7.26. The van der Waals surface area contributed by atoms with Gasteiger partial charge < -0.3 is 0 Å². The van der Waals surface area contributed by atoms with Crippen LogP contribution in [0.25, 0.3) is 16.6 Å². The van der Waals surface area contributed by atoms with E-state index >= 15 is 0 Å². The minimum absolute atomic E-state index is 0.0369. The standard InChI is InChI=1S/C19H14ClN3OS/c1-12-10-18-21-22-19(23(18)16-5-3-2-4-15(12)16)25-11-17(24)13-6-8-14(20)9-7-13/h2-10H,11H2,1H3. The number of fused-ring (bicyclic) bond motifs is 3. The van der Waals surface area contributed by atoms with Gasteiger partial charge in [0.05, 0.1) is 11.3 Å². The van der Waals surface area contributed by atoms with Crippen molar-refractivity contribution in [1.82, 2.24) is 14.6 Å². The number of thioether (sulfide) groups is 1. The molecule has 0 aliphatic carbocycles. The number of Topliss-reactive ketones (excluding diaryl/α,β-unsaturated/α-hetero) is 1. The van der Waals surface area contributed by atoms with Gasteiger partial charge >= 0.3 is 0 Å². The predicted molar refractivity (Wildman–Crippen MR) is 102 cm³/mol.